The van der Waals surface area contributed by atoms with E-state index in [4.69, 9.17) is 4.74 Å². The van der Waals surface area contributed by atoms with Gasteiger partial charge in [0.15, 0.2) is 5.96 Å². The number of benzene rings is 1. The smallest absolute Gasteiger partial charge is 0.193 e. The highest BCUT2D eigenvalue weighted by atomic mass is 127. The topological polar surface area (TPSA) is 40.1 Å². The minimum atomic E-state index is 0. The van der Waals surface area contributed by atoms with E-state index in [1.165, 1.54) is 11.3 Å². The number of hydrogen-bond acceptors (Lipinski definition) is 3. The van der Waals surface area contributed by atoms with E-state index in [9.17, 15) is 0 Å². The molecule has 1 fully saturated rings. The Morgan fingerprint density at radius 2 is 2.12 bits per heavy atom. The second-order valence-electron chi connectivity index (χ2n) is 6.45. The van der Waals surface area contributed by atoms with E-state index >= 15 is 0 Å². The molecular formula is C19H33IN4O. The highest BCUT2D eigenvalue weighted by Gasteiger charge is 2.19. The second-order valence-corrected chi connectivity index (χ2v) is 6.45. The number of likely N-dealkylation sites (N-methyl/N-ethyl adjacent to an activating group) is 1. The molecule has 1 N–H and O–H groups in total. The summed E-state index contributed by atoms with van der Waals surface area (Å²) in [5.74, 6) is 1.58. The third kappa shape index (κ3) is 6.66. The van der Waals surface area contributed by atoms with Crippen LogP contribution in [0.15, 0.2) is 29.3 Å². The number of aryl methyl sites for hydroxylation is 1. The van der Waals surface area contributed by atoms with Crippen molar-refractivity contribution in [3.05, 3.63) is 29.8 Å². The van der Waals surface area contributed by atoms with Gasteiger partial charge in [0.1, 0.15) is 0 Å². The molecule has 1 unspecified atom stereocenters. The number of aliphatic imine (C=N–C) groups is 1. The van der Waals surface area contributed by atoms with E-state index in [2.05, 4.69) is 65.3 Å². The summed E-state index contributed by atoms with van der Waals surface area (Å²) in [5.41, 5.74) is 2.63. The molecule has 0 aliphatic carbocycles. The zero-order valence-electron chi connectivity index (χ0n) is 16.0. The van der Waals surface area contributed by atoms with Crippen LogP contribution in [0.1, 0.15) is 18.9 Å². The minimum absolute atomic E-state index is 0. The van der Waals surface area contributed by atoms with Crippen molar-refractivity contribution in [3.8, 4) is 0 Å². The van der Waals surface area contributed by atoms with Crippen LogP contribution in [0, 0.1) is 12.8 Å². The number of para-hydroxylation sites is 1. The van der Waals surface area contributed by atoms with E-state index in [-0.39, 0.29) is 24.0 Å². The van der Waals surface area contributed by atoms with Crippen LogP contribution in [-0.4, -0.2) is 64.3 Å². The zero-order valence-corrected chi connectivity index (χ0v) is 18.3. The van der Waals surface area contributed by atoms with Gasteiger partial charge >= 0.3 is 0 Å². The first-order valence-electron chi connectivity index (χ1n) is 8.95. The summed E-state index contributed by atoms with van der Waals surface area (Å²) in [6.45, 7) is 9.97. The summed E-state index contributed by atoms with van der Waals surface area (Å²) in [4.78, 5) is 9.03. The number of hydrogen-bond donors (Lipinski definition) is 1. The number of ether oxygens (including phenoxy) is 1. The van der Waals surface area contributed by atoms with Crippen LogP contribution < -0.4 is 10.2 Å². The molecule has 25 heavy (non-hydrogen) atoms. The van der Waals surface area contributed by atoms with Gasteiger partial charge in [0.2, 0.25) is 0 Å². The fourth-order valence-electron chi connectivity index (χ4n) is 3.26. The van der Waals surface area contributed by atoms with Gasteiger partial charge < -0.3 is 19.9 Å². The van der Waals surface area contributed by atoms with Gasteiger partial charge in [-0.15, -0.1) is 24.0 Å². The standard InChI is InChI=1S/C19H32N4O.HI/c1-5-23(18-9-7-6-8-16(18)2)12-11-21-19(20-3)22(4)14-17-10-13-24-15-17;/h6-9,17H,5,10-15H2,1-4H3,(H,20,21);1H. The predicted molar refractivity (Wildman–Crippen MR) is 117 cm³/mol. The van der Waals surface area contributed by atoms with Crippen molar-refractivity contribution < 1.29 is 4.74 Å². The highest BCUT2D eigenvalue weighted by molar-refractivity contribution is 14.0. The van der Waals surface area contributed by atoms with Crippen molar-refractivity contribution in [1.29, 1.82) is 0 Å². The first-order valence-corrected chi connectivity index (χ1v) is 8.95. The lowest BCUT2D eigenvalue weighted by molar-refractivity contribution is 0.181. The summed E-state index contributed by atoms with van der Waals surface area (Å²) >= 11 is 0. The first-order chi connectivity index (χ1) is 11.7. The van der Waals surface area contributed by atoms with Crippen molar-refractivity contribution in [2.45, 2.75) is 20.3 Å². The number of anilines is 1. The summed E-state index contributed by atoms with van der Waals surface area (Å²) in [6, 6.07) is 8.56. The molecule has 0 radical (unpaired) electrons. The third-order valence-corrected chi connectivity index (χ3v) is 4.63. The van der Waals surface area contributed by atoms with Gasteiger partial charge in [0.05, 0.1) is 6.61 Å². The number of guanidine groups is 1. The number of nitrogens with one attached hydrogen (secondary N) is 1. The Kier molecular flexibility index (Phi) is 10.2. The van der Waals surface area contributed by atoms with Crippen LogP contribution >= 0.6 is 24.0 Å². The van der Waals surface area contributed by atoms with E-state index in [1.807, 2.05) is 7.05 Å². The van der Waals surface area contributed by atoms with E-state index in [1.54, 1.807) is 0 Å². The van der Waals surface area contributed by atoms with Gasteiger partial charge in [0, 0.05) is 58.5 Å². The molecule has 1 aliphatic rings. The largest absolute Gasteiger partial charge is 0.381 e. The summed E-state index contributed by atoms with van der Waals surface area (Å²) in [7, 11) is 3.95. The molecule has 0 spiro atoms. The Balaban J connectivity index is 0.00000312. The van der Waals surface area contributed by atoms with Crippen LogP contribution in [0.5, 0.6) is 0 Å². The zero-order chi connectivity index (χ0) is 17.4. The summed E-state index contributed by atoms with van der Waals surface area (Å²) in [5, 5.41) is 3.49. The lowest BCUT2D eigenvalue weighted by atomic mass is 10.1. The lowest BCUT2D eigenvalue weighted by Gasteiger charge is -2.28. The third-order valence-electron chi connectivity index (χ3n) is 4.63. The van der Waals surface area contributed by atoms with Gasteiger partial charge in [-0.2, -0.15) is 0 Å². The molecule has 1 aromatic carbocycles. The monoisotopic (exact) mass is 460 g/mol. The summed E-state index contributed by atoms with van der Waals surface area (Å²) < 4.78 is 5.47. The average molecular weight is 460 g/mol. The Hall–Kier alpha value is -1.02. The molecule has 6 heteroatoms. The summed E-state index contributed by atoms with van der Waals surface area (Å²) in [6.07, 6.45) is 1.15. The molecule has 142 valence electrons. The fraction of sp³-hybridized carbons (Fsp3) is 0.632. The second kappa shape index (κ2) is 11.6. The van der Waals surface area contributed by atoms with Crippen molar-refractivity contribution in [2.75, 3.05) is 58.4 Å². The Morgan fingerprint density at radius 1 is 1.36 bits per heavy atom. The van der Waals surface area contributed by atoms with Gasteiger partial charge in [-0.05, 0) is 31.9 Å². The minimum Gasteiger partial charge on any atom is -0.381 e. The van der Waals surface area contributed by atoms with Crippen molar-refractivity contribution >= 4 is 35.6 Å². The van der Waals surface area contributed by atoms with E-state index in [0.717, 1.165) is 51.8 Å². The van der Waals surface area contributed by atoms with Crippen LogP contribution in [0.4, 0.5) is 5.69 Å². The van der Waals surface area contributed by atoms with Crippen molar-refractivity contribution in [2.24, 2.45) is 10.9 Å². The lowest BCUT2D eigenvalue weighted by Crippen LogP contribution is -2.44. The normalized spacial score (nSPS) is 17.1. The molecular weight excluding hydrogens is 427 g/mol. The van der Waals surface area contributed by atoms with Crippen LogP contribution in [0.3, 0.4) is 0 Å². The molecule has 0 amide bonds. The Morgan fingerprint density at radius 3 is 2.72 bits per heavy atom. The van der Waals surface area contributed by atoms with E-state index < -0.39 is 0 Å². The molecule has 1 aliphatic heterocycles. The molecule has 0 aromatic heterocycles. The quantitative estimate of drug-likeness (QED) is 0.386. The van der Waals surface area contributed by atoms with Gasteiger partial charge in [-0.1, -0.05) is 18.2 Å². The molecule has 1 aromatic rings. The van der Waals surface area contributed by atoms with Gasteiger partial charge in [-0.25, -0.2) is 0 Å². The number of rotatable bonds is 7. The fourth-order valence-corrected chi connectivity index (χ4v) is 3.26. The van der Waals surface area contributed by atoms with E-state index in [0.29, 0.717) is 5.92 Å². The molecule has 1 saturated heterocycles. The Bertz CT molecular complexity index is 532. The Labute approximate surface area is 169 Å². The number of halogens is 1. The molecule has 1 atom stereocenters. The first kappa shape index (κ1) is 22.0. The van der Waals surface area contributed by atoms with Gasteiger partial charge in [-0.3, -0.25) is 4.99 Å². The van der Waals surface area contributed by atoms with Crippen LogP contribution in [0.25, 0.3) is 0 Å². The van der Waals surface area contributed by atoms with Crippen LogP contribution in [-0.2, 0) is 4.74 Å². The molecule has 1 heterocycles. The van der Waals surface area contributed by atoms with Crippen molar-refractivity contribution in [3.63, 3.8) is 0 Å². The maximum Gasteiger partial charge on any atom is 0.193 e. The van der Waals surface area contributed by atoms with Crippen molar-refractivity contribution in [1.82, 2.24) is 10.2 Å². The maximum absolute atomic E-state index is 5.47. The molecule has 5 nitrogen and oxygen atoms in total. The number of nitrogens with zero attached hydrogens (tertiary/aromatic N) is 3. The SMILES string of the molecule is CCN(CCNC(=NC)N(C)CC1CCOC1)c1ccccc1C.I. The predicted octanol–water partition coefficient (Wildman–Crippen LogP) is 2.98. The molecule has 2 rings (SSSR count). The molecule has 0 bridgehead atoms. The highest BCUT2D eigenvalue weighted by Crippen LogP contribution is 2.18. The maximum atomic E-state index is 5.47. The average Bonchev–Trinajstić information content (AvgIpc) is 3.09. The van der Waals surface area contributed by atoms with Crippen LogP contribution in [0.2, 0.25) is 0 Å². The van der Waals surface area contributed by atoms with Gasteiger partial charge in [0.25, 0.3) is 0 Å². The molecule has 0 saturated carbocycles.